The van der Waals surface area contributed by atoms with Crippen LogP contribution in [0.1, 0.15) is 26.2 Å². The highest BCUT2D eigenvalue weighted by Crippen LogP contribution is 1.99. The van der Waals surface area contributed by atoms with Gasteiger partial charge in [-0.1, -0.05) is 31.4 Å². The Morgan fingerprint density at radius 2 is 2.31 bits per heavy atom. The fraction of sp³-hybridized carbons (Fsp3) is 0.556. The number of rotatable bonds is 4. The highest BCUT2D eigenvalue weighted by atomic mass is 35.5. The van der Waals surface area contributed by atoms with Crippen molar-refractivity contribution in [3.8, 4) is 0 Å². The van der Waals surface area contributed by atoms with Gasteiger partial charge in [0.2, 0.25) is 0 Å². The molecule has 0 amide bonds. The number of unbranched alkanes of at least 4 members (excludes halogenated alkanes) is 2. The highest BCUT2D eigenvalue weighted by Gasteiger charge is 1.96. The van der Waals surface area contributed by atoms with Crippen molar-refractivity contribution in [1.29, 1.82) is 0 Å². The molecule has 0 aliphatic heterocycles. The molecule has 4 heteroatoms. The van der Waals surface area contributed by atoms with E-state index in [4.69, 9.17) is 11.6 Å². The number of hydrogen-bond acceptors (Lipinski definition) is 2. The van der Waals surface area contributed by atoms with Gasteiger partial charge in [0.05, 0.1) is 6.33 Å². The van der Waals surface area contributed by atoms with Crippen molar-refractivity contribution in [2.24, 2.45) is 0 Å². The van der Waals surface area contributed by atoms with E-state index in [0.29, 0.717) is 0 Å². The van der Waals surface area contributed by atoms with Crippen LogP contribution in [0.15, 0.2) is 17.2 Å². The molecule has 0 atom stereocenters. The molecular weight excluding hydrogens is 188 g/mol. The highest BCUT2D eigenvalue weighted by molar-refractivity contribution is 6.29. The second kappa shape index (κ2) is 5.02. The minimum absolute atomic E-state index is 0.0731. The van der Waals surface area contributed by atoms with Crippen LogP contribution in [0, 0.1) is 0 Å². The fourth-order valence-electron chi connectivity index (χ4n) is 1.10. The molecule has 1 aromatic rings. The first-order valence-corrected chi connectivity index (χ1v) is 4.84. The van der Waals surface area contributed by atoms with Crippen molar-refractivity contribution in [3.63, 3.8) is 0 Å². The normalized spacial score (nSPS) is 10.3. The molecule has 1 rings (SSSR count). The molecule has 1 heterocycles. The summed E-state index contributed by atoms with van der Waals surface area (Å²) in [5.74, 6) is 0. The smallest absolute Gasteiger partial charge is 0.254 e. The van der Waals surface area contributed by atoms with E-state index in [2.05, 4.69) is 11.9 Å². The predicted molar refractivity (Wildman–Crippen MR) is 53.0 cm³/mol. The zero-order valence-electron chi connectivity index (χ0n) is 7.66. The molecule has 0 saturated heterocycles. The molecule has 0 aliphatic rings. The summed E-state index contributed by atoms with van der Waals surface area (Å²) in [6.45, 7) is 2.86. The van der Waals surface area contributed by atoms with Gasteiger partial charge in [-0.25, -0.2) is 4.98 Å². The van der Waals surface area contributed by atoms with Gasteiger partial charge in [0.25, 0.3) is 5.56 Å². The second-order valence-corrected chi connectivity index (χ2v) is 3.34. The van der Waals surface area contributed by atoms with Crippen molar-refractivity contribution >= 4 is 11.6 Å². The van der Waals surface area contributed by atoms with Gasteiger partial charge in [-0.3, -0.25) is 9.36 Å². The standard InChI is InChI=1S/C9H13ClN2O/c1-2-3-4-5-12-7-11-8(10)6-9(12)13/h6-7H,2-5H2,1H3. The van der Waals surface area contributed by atoms with E-state index in [1.54, 1.807) is 4.57 Å². The molecule has 1 aromatic heterocycles. The Labute approximate surface area is 82.4 Å². The third-order valence-corrected chi connectivity index (χ3v) is 2.06. The summed E-state index contributed by atoms with van der Waals surface area (Å²) in [6.07, 6.45) is 4.80. The van der Waals surface area contributed by atoms with E-state index >= 15 is 0 Å². The Kier molecular flexibility index (Phi) is 3.96. The van der Waals surface area contributed by atoms with Crippen molar-refractivity contribution < 1.29 is 0 Å². The van der Waals surface area contributed by atoms with Gasteiger partial charge in [-0.15, -0.1) is 0 Å². The van der Waals surface area contributed by atoms with Crippen LogP contribution in [0.3, 0.4) is 0 Å². The summed E-state index contributed by atoms with van der Waals surface area (Å²) in [4.78, 5) is 15.1. The lowest BCUT2D eigenvalue weighted by atomic mass is 10.2. The maximum atomic E-state index is 11.3. The SMILES string of the molecule is CCCCCn1cnc(Cl)cc1=O. The molecule has 0 radical (unpaired) electrons. The molecule has 3 nitrogen and oxygen atoms in total. The van der Waals surface area contributed by atoms with Crippen LogP contribution in [0.4, 0.5) is 0 Å². The summed E-state index contributed by atoms with van der Waals surface area (Å²) in [7, 11) is 0. The topological polar surface area (TPSA) is 34.9 Å². The lowest BCUT2D eigenvalue weighted by molar-refractivity contribution is 0.580. The minimum Gasteiger partial charge on any atom is -0.299 e. The van der Waals surface area contributed by atoms with Crippen LogP contribution in [0.2, 0.25) is 5.15 Å². The van der Waals surface area contributed by atoms with Crippen LogP contribution in [0.25, 0.3) is 0 Å². The molecular formula is C9H13ClN2O. The monoisotopic (exact) mass is 200 g/mol. The average Bonchev–Trinajstić information content (AvgIpc) is 2.09. The second-order valence-electron chi connectivity index (χ2n) is 2.95. The number of nitrogens with zero attached hydrogens (tertiary/aromatic N) is 2. The zero-order chi connectivity index (χ0) is 9.68. The predicted octanol–water partition coefficient (Wildman–Crippen LogP) is 2.09. The van der Waals surface area contributed by atoms with Crippen LogP contribution < -0.4 is 5.56 Å². The van der Waals surface area contributed by atoms with E-state index in [1.165, 1.54) is 12.4 Å². The van der Waals surface area contributed by atoms with E-state index in [-0.39, 0.29) is 10.7 Å². The number of hydrogen-bond donors (Lipinski definition) is 0. The molecule has 13 heavy (non-hydrogen) atoms. The summed E-state index contributed by atoms with van der Waals surface area (Å²) in [5, 5.41) is 0.261. The minimum atomic E-state index is -0.0731. The molecule has 0 saturated carbocycles. The molecule has 72 valence electrons. The van der Waals surface area contributed by atoms with Gasteiger partial charge in [-0.2, -0.15) is 0 Å². The van der Waals surface area contributed by atoms with Gasteiger partial charge >= 0.3 is 0 Å². The molecule has 0 aliphatic carbocycles. The molecule has 0 aromatic carbocycles. The van der Waals surface area contributed by atoms with Gasteiger partial charge in [0.1, 0.15) is 5.15 Å². The Balaban J connectivity index is 2.62. The largest absolute Gasteiger partial charge is 0.299 e. The Morgan fingerprint density at radius 3 is 2.92 bits per heavy atom. The van der Waals surface area contributed by atoms with Crippen molar-refractivity contribution in [2.45, 2.75) is 32.7 Å². The quantitative estimate of drug-likeness (QED) is 0.551. The Bertz CT molecular complexity index is 322. The van der Waals surface area contributed by atoms with E-state index in [1.807, 2.05) is 0 Å². The molecule has 0 unspecified atom stereocenters. The van der Waals surface area contributed by atoms with Gasteiger partial charge < -0.3 is 0 Å². The molecule has 0 N–H and O–H groups in total. The molecule has 0 spiro atoms. The first kappa shape index (κ1) is 10.3. The van der Waals surface area contributed by atoms with Crippen LogP contribution in [0.5, 0.6) is 0 Å². The first-order chi connectivity index (χ1) is 6.24. The van der Waals surface area contributed by atoms with Gasteiger partial charge in [-0.05, 0) is 6.42 Å². The maximum absolute atomic E-state index is 11.3. The summed E-state index contributed by atoms with van der Waals surface area (Å²) < 4.78 is 1.58. The fourth-order valence-corrected chi connectivity index (χ4v) is 1.24. The van der Waals surface area contributed by atoms with Crippen LogP contribution in [-0.2, 0) is 6.54 Å². The summed E-state index contributed by atoms with van der Waals surface area (Å²) in [6, 6.07) is 1.34. The van der Waals surface area contributed by atoms with Gasteiger partial charge in [0, 0.05) is 12.6 Å². The number of aromatic nitrogens is 2. The number of halogens is 1. The third-order valence-electron chi connectivity index (χ3n) is 1.85. The van der Waals surface area contributed by atoms with Crippen molar-refractivity contribution in [2.75, 3.05) is 0 Å². The van der Waals surface area contributed by atoms with Gasteiger partial charge in [0.15, 0.2) is 0 Å². The summed E-state index contributed by atoms with van der Waals surface area (Å²) in [5.41, 5.74) is -0.0731. The average molecular weight is 201 g/mol. The molecule has 0 fully saturated rings. The maximum Gasteiger partial charge on any atom is 0.254 e. The third kappa shape index (κ3) is 3.19. The van der Waals surface area contributed by atoms with E-state index in [0.717, 1.165) is 25.8 Å². The lowest BCUT2D eigenvalue weighted by Crippen LogP contribution is -2.19. The Morgan fingerprint density at radius 1 is 1.54 bits per heavy atom. The van der Waals surface area contributed by atoms with Crippen LogP contribution in [-0.4, -0.2) is 9.55 Å². The lowest BCUT2D eigenvalue weighted by Gasteiger charge is -2.02. The zero-order valence-corrected chi connectivity index (χ0v) is 8.42. The first-order valence-electron chi connectivity index (χ1n) is 4.46. The van der Waals surface area contributed by atoms with Crippen LogP contribution >= 0.6 is 11.6 Å². The van der Waals surface area contributed by atoms with Crippen molar-refractivity contribution in [3.05, 3.63) is 27.9 Å². The number of aryl methyl sites for hydroxylation is 1. The Hall–Kier alpha value is -0.830. The molecule has 0 bridgehead atoms. The van der Waals surface area contributed by atoms with E-state index < -0.39 is 0 Å². The van der Waals surface area contributed by atoms with Crippen molar-refractivity contribution in [1.82, 2.24) is 9.55 Å². The van der Waals surface area contributed by atoms with E-state index in [9.17, 15) is 4.79 Å². The summed E-state index contributed by atoms with van der Waals surface area (Å²) >= 11 is 5.55.